The Hall–Kier alpha value is -1.75. The quantitative estimate of drug-likeness (QED) is 0.695. The number of carbonyl (C=O) groups excluding carboxylic acids is 1. The van der Waals surface area contributed by atoms with Crippen molar-refractivity contribution in [3.05, 3.63) is 23.8 Å². The summed E-state index contributed by atoms with van der Waals surface area (Å²) in [5.74, 6) is -0.149. The fraction of sp³-hybridized carbons (Fsp3) is 0.500. The van der Waals surface area contributed by atoms with Gasteiger partial charge in [-0.05, 0) is 38.0 Å². The van der Waals surface area contributed by atoms with Crippen molar-refractivity contribution >= 4 is 17.3 Å². The van der Waals surface area contributed by atoms with Crippen molar-refractivity contribution in [2.75, 3.05) is 30.8 Å². The van der Waals surface area contributed by atoms with Crippen LogP contribution in [0, 0.1) is 0 Å². The predicted octanol–water partition coefficient (Wildman–Crippen LogP) is 0.980. The molecule has 1 aliphatic heterocycles. The molecule has 0 aromatic heterocycles. The van der Waals surface area contributed by atoms with Crippen LogP contribution in [0.25, 0.3) is 0 Å². The minimum atomic E-state index is -0.676. The Morgan fingerprint density at radius 1 is 1.53 bits per heavy atom. The van der Waals surface area contributed by atoms with E-state index in [-0.39, 0.29) is 5.91 Å². The summed E-state index contributed by atoms with van der Waals surface area (Å²) in [6.45, 7) is 3.28. The summed E-state index contributed by atoms with van der Waals surface area (Å²) in [5, 5.41) is 12.7. The minimum absolute atomic E-state index is 0.149. The van der Waals surface area contributed by atoms with Crippen LogP contribution in [0.3, 0.4) is 0 Å². The Labute approximate surface area is 113 Å². The van der Waals surface area contributed by atoms with Gasteiger partial charge in [0.25, 0.3) is 5.91 Å². The molecule has 1 saturated heterocycles. The second-order valence-corrected chi connectivity index (χ2v) is 5.37. The number of carbonyl (C=O) groups is 1. The maximum Gasteiger partial charge on any atom is 0.251 e. The Morgan fingerprint density at radius 2 is 2.26 bits per heavy atom. The highest BCUT2D eigenvalue weighted by molar-refractivity contribution is 5.96. The second kappa shape index (κ2) is 5.09. The zero-order valence-corrected chi connectivity index (χ0v) is 11.4. The highest BCUT2D eigenvalue weighted by Gasteiger charge is 2.29. The molecule has 5 nitrogen and oxygen atoms in total. The van der Waals surface area contributed by atoms with Gasteiger partial charge in [0, 0.05) is 25.7 Å². The number of β-amino-alcohol motifs (C(OH)–C–C–N with tert-alkyl or cyclic N) is 1. The predicted molar refractivity (Wildman–Crippen MR) is 76.3 cm³/mol. The van der Waals surface area contributed by atoms with E-state index in [1.165, 1.54) is 0 Å². The van der Waals surface area contributed by atoms with Crippen molar-refractivity contribution in [1.82, 2.24) is 5.32 Å². The summed E-state index contributed by atoms with van der Waals surface area (Å²) < 4.78 is 0. The monoisotopic (exact) mass is 263 g/mol. The Balaban J connectivity index is 2.23. The van der Waals surface area contributed by atoms with E-state index in [2.05, 4.69) is 10.2 Å². The van der Waals surface area contributed by atoms with Gasteiger partial charge in [0.1, 0.15) is 0 Å². The fourth-order valence-electron chi connectivity index (χ4n) is 2.55. The number of amides is 1. The molecular weight excluding hydrogens is 242 g/mol. The SMILES string of the molecule is CNC(=O)c1ccc(N2CCCC(C)(O)C2)c(N)c1. The number of anilines is 2. The lowest BCUT2D eigenvalue weighted by molar-refractivity contribution is 0.0449. The molecule has 5 heteroatoms. The number of piperidine rings is 1. The number of nitrogen functional groups attached to an aromatic ring is 1. The first-order valence-electron chi connectivity index (χ1n) is 6.52. The van der Waals surface area contributed by atoms with Crippen molar-refractivity contribution in [1.29, 1.82) is 0 Å². The third kappa shape index (κ3) is 2.98. The summed E-state index contributed by atoms with van der Waals surface area (Å²) in [7, 11) is 1.59. The molecule has 0 bridgehead atoms. The summed E-state index contributed by atoms with van der Waals surface area (Å²) in [6, 6.07) is 5.28. The molecule has 1 aromatic carbocycles. The largest absolute Gasteiger partial charge is 0.397 e. The van der Waals surface area contributed by atoms with Crippen LogP contribution >= 0.6 is 0 Å². The van der Waals surface area contributed by atoms with Crippen LogP contribution in [0.2, 0.25) is 0 Å². The van der Waals surface area contributed by atoms with Gasteiger partial charge in [-0.3, -0.25) is 4.79 Å². The van der Waals surface area contributed by atoms with Crippen molar-refractivity contribution in [2.24, 2.45) is 0 Å². The van der Waals surface area contributed by atoms with Gasteiger partial charge in [0.2, 0.25) is 0 Å². The molecule has 1 amide bonds. The maximum absolute atomic E-state index is 11.5. The van der Waals surface area contributed by atoms with Crippen LogP contribution in [0.5, 0.6) is 0 Å². The number of rotatable bonds is 2. The van der Waals surface area contributed by atoms with Crippen LogP contribution < -0.4 is 16.0 Å². The first-order valence-corrected chi connectivity index (χ1v) is 6.52. The van der Waals surface area contributed by atoms with Crippen LogP contribution in [-0.2, 0) is 0 Å². The number of nitrogens with zero attached hydrogens (tertiary/aromatic N) is 1. The Morgan fingerprint density at radius 3 is 2.84 bits per heavy atom. The summed E-state index contributed by atoms with van der Waals surface area (Å²) in [6.07, 6.45) is 1.74. The molecule has 0 saturated carbocycles. The van der Waals surface area contributed by atoms with Gasteiger partial charge in [0.15, 0.2) is 0 Å². The zero-order valence-electron chi connectivity index (χ0n) is 11.4. The van der Waals surface area contributed by atoms with E-state index in [9.17, 15) is 9.90 Å². The number of hydrogen-bond acceptors (Lipinski definition) is 4. The number of nitrogens with two attached hydrogens (primary N) is 1. The highest BCUT2D eigenvalue weighted by atomic mass is 16.3. The van der Waals surface area contributed by atoms with Gasteiger partial charge in [-0.25, -0.2) is 0 Å². The number of benzene rings is 1. The molecule has 19 heavy (non-hydrogen) atoms. The van der Waals surface area contributed by atoms with Crippen molar-refractivity contribution in [3.63, 3.8) is 0 Å². The Bertz CT molecular complexity index is 486. The molecule has 1 aromatic rings. The molecule has 1 heterocycles. The average molecular weight is 263 g/mol. The van der Waals surface area contributed by atoms with Gasteiger partial charge in [-0.2, -0.15) is 0 Å². The van der Waals surface area contributed by atoms with Gasteiger partial charge in [0.05, 0.1) is 17.0 Å². The molecule has 0 spiro atoms. The van der Waals surface area contributed by atoms with Gasteiger partial charge >= 0.3 is 0 Å². The standard InChI is InChI=1S/C14H21N3O2/c1-14(19)6-3-7-17(9-14)12-5-4-10(8-11(12)15)13(18)16-2/h4-5,8,19H,3,6-7,9,15H2,1-2H3,(H,16,18). The lowest BCUT2D eigenvalue weighted by Crippen LogP contribution is -2.46. The third-order valence-corrected chi connectivity index (χ3v) is 3.53. The minimum Gasteiger partial charge on any atom is -0.397 e. The summed E-state index contributed by atoms with van der Waals surface area (Å²) in [4.78, 5) is 13.6. The Kier molecular flexibility index (Phi) is 3.66. The van der Waals surface area contributed by atoms with E-state index in [4.69, 9.17) is 5.73 Å². The van der Waals surface area contributed by atoms with E-state index in [1.54, 1.807) is 19.2 Å². The van der Waals surface area contributed by atoms with Crippen molar-refractivity contribution in [2.45, 2.75) is 25.4 Å². The van der Waals surface area contributed by atoms with Crippen LogP contribution in [0.4, 0.5) is 11.4 Å². The van der Waals surface area contributed by atoms with E-state index in [0.717, 1.165) is 25.1 Å². The molecular formula is C14H21N3O2. The molecule has 4 N–H and O–H groups in total. The topological polar surface area (TPSA) is 78.6 Å². The lowest BCUT2D eigenvalue weighted by atomic mass is 9.94. The summed E-state index contributed by atoms with van der Waals surface area (Å²) in [5.41, 5.74) is 7.35. The second-order valence-electron chi connectivity index (χ2n) is 5.37. The van der Waals surface area contributed by atoms with E-state index in [1.807, 2.05) is 13.0 Å². The van der Waals surface area contributed by atoms with E-state index in [0.29, 0.717) is 17.8 Å². The van der Waals surface area contributed by atoms with Crippen molar-refractivity contribution in [3.8, 4) is 0 Å². The smallest absolute Gasteiger partial charge is 0.251 e. The lowest BCUT2D eigenvalue weighted by Gasteiger charge is -2.38. The number of aliphatic hydroxyl groups is 1. The first kappa shape index (κ1) is 13.7. The van der Waals surface area contributed by atoms with Gasteiger partial charge in [-0.1, -0.05) is 0 Å². The fourth-order valence-corrected chi connectivity index (χ4v) is 2.55. The zero-order chi connectivity index (χ0) is 14.0. The molecule has 1 fully saturated rings. The van der Waals surface area contributed by atoms with Crippen LogP contribution in [-0.4, -0.2) is 36.8 Å². The first-order chi connectivity index (χ1) is 8.93. The average Bonchev–Trinajstić information content (AvgIpc) is 2.36. The highest BCUT2D eigenvalue weighted by Crippen LogP contribution is 2.30. The maximum atomic E-state index is 11.5. The van der Waals surface area contributed by atoms with Crippen LogP contribution in [0.15, 0.2) is 18.2 Å². The molecule has 1 atom stereocenters. The van der Waals surface area contributed by atoms with Gasteiger partial charge in [-0.15, -0.1) is 0 Å². The molecule has 104 valence electrons. The third-order valence-electron chi connectivity index (χ3n) is 3.53. The van der Waals surface area contributed by atoms with Gasteiger partial charge < -0.3 is 21.1 Å². The van der Waals surface area contributed by atoms with Crippen LogP contribution in [0.1, 0.15) is 30.1 Å². The molecule has 1 unspecified atom stereocenters. The number of nitrogens with one attached hydrogen (secondary N) is 1. The molecule has 0 radical (unpaired) electrons. The molecule has 1 aliphatic rings. The van der Waals surface area contributed by atoms with E-state index < -0.39 is 5.60 Å². The molecule has 0 aliphatic carbocycles. The number of hydrogen-bond donors (Lipinski definition) is 3. The normalized spacial score (nSPS) is 23.2. The van der Waals surface area contributed by atoms with E-state index >= 15 is 0 Å². The molecule has 2 rings (SSSR count). The van der Waals surface area contributed by atoms with Crippen molar-refractivity contribution < 1.29 is 9.90 Å². The summed E-state index contributed by atoms with van der Waals surface area (Å²) >= 11 is 0.